The zero-order valence-corrected chi connectivity index (χ0v) is 32.0. The molecule has 0 bridgehead atoms. The summed E-state index contributed by atoms with van der Waals surface area (Å²) in [4.78, 5) is 59.9. The van der Waals surface area contributed by atoms with Gasteiger partial charge in [0.05, 0.1) is 43.1 Å². The van der Waals surface area contributed by atoms with Crippen LogP contribution in [0.2, 0.25) is 0 Å². The molecule has 0 aliphatic heterocycles. The highest BCUT2D eigenvalue weighted by molar-refractivity contribution is 5.93. The SMILES string of the molecule is C=CC(=O)OCCCCCCOc1ccc(C(=O)Oc2ccc(C3CCC(OC(=O)c4ccc(OCCCCCCOC(=O)C=C)cc4)CC3)cc2C=O)cc1. The molecule has 4 rings (SSSR count). The maximum atomic E-state index is 12.9. The molecule has 1 aliphatic carbocycles. The summed E-state index contributed by atoms with van der Waals surface area (Å²) in [6.07, 6.45) is 12.8. The van der Waals surface area contributed by atoms with E-state index in [9.17, 15) is 24.0 Å². The van der Waals surface area contributed by atoms with E-state index in [1.54, 1.807) is 60.7 Å². The van der Waals surface area contributed by atoms with Gasteiger partial charge in [0.15, 0.2) is 6.29 Å². The summed E-state index contributed by atoms with van der Waals surface area (Å²) >= 11 is 0. The minimum Gasteiger partial charge on any atom is -0.494 e. The van der Waals surface area contributed by atoms with Gasteiger partial charge >= 0.3 is 23.9 Å². The van der Waals surface area contributed by atoms with Crippen LogP contribution >= 0.6 is 0 Å². The summed E-state index contributed by atoms with van der Waals surface area (Å²) in [5, 5.41) is 0. The van der Waals surface area contributed by atoms with E-state index in [2.05, 4.69) is 13.2 Å². The molecule has 0 amide bonds. The molecule has 0 N–H and O–H groups in total. The van der Waals surface area contributed by atoms with Crippen LogP contribution in [0.25, 0.3) is 0 Å². The van der Waals surface area contributed by atoms with E-state index in [0.29, 0.717) is 73.7 Å². The van der Waals surface area contributed by atoms with Crippen LogP contribution in [0, 0.1) is 0 Å². The van der Waals surface area contributed by atoms with Crippen LogP contribution in [-0.4, -0.2) is 62.7 Å². The van der Waals surface area contributed by atoms with Crippen molar-refractivity contribution in [2.24, 2.45) is 0 Å². The van der Waals surface area contributed by atoms with Crippen LogP contribution in [0.4, 0.5) is 0 Å². The number of hydrogen-bond donors (Lipinski definition) is 0. The number of esters is 4. The maximum absolute atomic E-state index is 12.9. The van der Waals surface area contributed by atoms with Gasteiger partial charge in [0.1, 0.15) is 23.4 Å². The van der Waals surface area contributed by atoms with Gasteiger partial charge in [0.25, 0.3) is 0 Å². The zero-order chi connectivity index (χ0) is 40.0. The normalized spacial score (nSPS) is 14.8. The molecule has 0 saturated heterocycles. The van der Waals surface area contributed by atoms with Crippen LogP contribution in [0.5, 0.6) is 17.2 Å². The van der Waals surface area contributed by atoms with Crippen molar-refractivity contribution in [3.8, 4) is 17.2 Å². The van der Waals surface area contributed by atoms with Crippen molar-refractivity contribution >= 4 is 30.2 Å². The second-order valence-corrected chi connectivity index (χ2v) is 13.5. The van der Waals surface area contributed by atoms with Crippen LogP contribution in [-0.2, 0) is 23.8 Å². The number of aldehydes is 1. The lowest BCUT2D eigenvalue weighted by Gasteiger charge is -2.29. The molecule has 3 aromatic rings. The lowest BCUT2D eigenvalue weighted by atomic mass is 9.82. The standard InChI is InChI=1S/C45H52O11/c1-3-42(47)53-29-11-7-5-9-27-51-38-20-15-34(16-21-38)44(49)55-40-24-13-33(14-25-40)36-19-26-41(37(31-36)32-46)56-45(50)35-17-22-39(23-18-35)52-28-10-6-8-12-30-54-43(48)4-2/h3-4,15-23,26,31-33,40H,1-2,5-14,24-25,27-30H2. The van der Waals surface area contributed by atoms with E-state index in [4.69, 9.17) is 28.4 Å². The van der Waals surface area contributed by atoms with E-state index in [0.717, 1.165) is 81.9 Å². The molecule has 0 unspecified atom stereocenters. The van der Waals surface area contributed by atoms with Crippen LogP contribution in [0.1, 0.15) is 120 Å². The molecule has 0 spiro atoms. The van der Waals surface area contributed by atoms with E-state index in [1.165, 1.54) is 0 Å². The van der Waals surface area contributed by atoms with Crippen LogP contribution in [0.15, 0.2) is 92.0 Å². The second-order valence-electron chi connectivity index (χ2n) is 13.5. The average molecular weight is 769 g/mol. The van der Waals surface area contributed by atoms with Gasteiger partial charge in [-0.15, -0.1) is 0 Å². The summed E-state index contributed by atoms with van der Waals surface area (Å²) in [6, 6.07) is 18.9. The summed E-state index contributed by atoms with van der Waals surface area (Å²) in [5.74, 6) is -0.0917. The predicted molar refractivity (Wildman–Crippen MR) is 210 cm³/mol. The molecule has 1 saturated carbocycles. The first kappa shape index (κ1) is 43.0. The van der Waals surface area contributed by atoms with E-state index < -0.39 is 17.9 Å². The number of carbonyl (C=O) groups excluding carboxylic acids is 5. The summed E-state index contributed by atoms with van der Waals surface area (Å²) in [7, 11) is 0. The van der Waals surface area contributed by atoms with Crippen molar-refractivity contribution in [3.63, 3.8) is 0 Å². The number of ether oxygens (including phenoxy) is 6. The topological polar surface area (TPSA) is 141 Å². The number of benzene rings is 3. The Bertz CT molecular complexity index is 1740. The smallest absolute Gasteiger partial charge is 0.343 e. The van der Waals surface area contributed by atoms with Crippen molar-refractivity contribution in [1.29, 1.82) is 0 Å². The van der Waals surface area contributed by atoms with Crippen molar-refractivity contribution in [2.45, 2.75) is 89.1 Å². The molecular formula is C45H52O11. The van der Waals surface area contributed by atoms with Crippen molar-refractivity contribution in [1.82, 2.24) is 0 Å². The van der Waals surface area contributed by atoms with Gasteiger partial charge < -0.3 is 28.4 Å². The molecule has 298 valence electrons. The molecular weight excluding hydrogens is 716 g/mol. The lowest BCUT2D eigenvalue weighted by molar-refractivity contribution is -0.138. The molecule has 11 heteroatoms. The average Bonchev–Trinajstić information content (AvgIpc) is 3.23. The van der Waals surface area contributed by atoms with Gasteiger partial charge in [0.2, 0.25) is 0 Å². The first-order valence-corrected chi connectivity index (χ1v) is 19.4. The third kappa shape index (κ3) is 14.8. The minimum absolute atomic E-state index is 0.175. The predicted octanol–water partition coefficient (Wildman–Crippen LogP) is 8.94. The third-order valence-electron chi connectivity index (χ3n) is 9.40. The molecule has 0 heterocycles. The van der Waals surface area contributed by atoms with E-state index in [-0.39, 0.29) is 23.7 Å². The molecule has 1 aliphatic rings. The molecule has 3 aromatic carbocycles. The number of rotatable bonds is 24. The van der Waals surface area contributed by atoms with Gasteiger partial charge in [-0.2, -0.15) is 0 Å². The van der Waals surface area contributed by atoms with E-state index in [1.807, 2.05) is 6.07 Å². The Balaban J connectivity index is 1.14. The zero-order valence-electron chi connectivity index (χ0n) is 32.0. The number of carbonyl (C=O) groups is 5. The molecule has 0 aromatic heterocycles. The molecule has 0 radical (unpaired) electrons. The van der Waals surface area contributed by atoms with Gasteiger partial charge in [-0.25, -0.2) is 19.2 Å². The first-order chi connectivity index (χ1) is 27.3. The quantitative estimate of drug-likeness (QED) is 0.0215. The second kappa shape index (κ2) is 23.9. The Hall–Kier alpha value is -5.71. The highest BCUT2D eigenvalue weighted by Crippen LogP contribution is 2.36. The van der Waals surface area contributed by atoms with Crippen LogP contribution < -0.4 is 14.2 Å². The van der Waals surface area contributed by atoms with Gasteiger partial charge in [0, 0.05) is 12.2 Å². The Morgan fingerprint density at radius 2 is 1.07 bits per heavy atom. The van der Waals surface area contributed by atoms with E-state index >= 15 is 0 Å². The van der Waals surface area contributed by atoms with Crippen molar-refractivity contribution in [3.05, 3.63) is 114 Å². The molecule has 11 nitrogen and oxygen atoms in total. The first-order valence-electron chi connectivity index (χ1n) is 19.4. The summed E-state index contributed by atoms with van der Waals surface area (Å²) in [5.41, 5.74) is 2.05. The molecule has 0 atom stereocenters. The Morgan fingerprint density at radius 3 is 1.55 bits per heavy atom. The molecule has 56 heavy (non-hydrogen) atoms. The largest absolute Gasteiger partial charge is 0.494 e. The number of hydrogen-bond acceptors (Lipinski definition) is 11. The fourth-order valence-corrected chi connectivity index (χ4v) is 6.23. The van der Waals surface area contributed by atoms with Crippen LogP contribution in [0.3, 0.4) is 0 Å². The van der Waals surface area contributed by atoms with Gasteiger partial charge in [-0.1, -0.05) is 19.2 Å². The Morgan fingerprint density at radius 1 is 0.589 bits per heavy atom. The minimum atomic E-state index is -0.581. The summed E-state index contributed by atoms with van der Waals surface area (Å²) in [6.45, 7) is 8.58. The van der Waals surface area contributed by atoms with Crippen molar-refractivity contribution in [2.75, 3.05) is 26.4 Å². The maximum Gasteiger partial charge on any atom is 0.343 e. The Labute approximate surface area is 329 Å². The van der Waals surface area contributed by atoms with Gasteiger partial charge in [-0.3, -0.25) is 4.79 Å². The number of unbranched alkanes of at least 4 members (excludes halogenated alkanes) is 6. The fourth-order valence-electron chi connectivity index (χ4n) is 6.23. The molecule has 1 fully saturated rings. The van der Waals surface area contributed by atoms with Gasteiger partial charge in [-0.05, 0) is 149 Å². The lowest BCUT2D eigenvalue weighted by Crippen LogP contribution is -2.24. The highest BCUT2D eigenvalue weighted by atomic mass is 16.5. The van der Waals surface area contributed by atoms with Crippen molar-refractivity contribution < 1.29 is 52.4 Å². The Kier molecular flexibility index (Phi) is 18.4. The monoisotopic (exact) mass is 768 g/mol. The third-order valence-corrected chi connectivity index (χ3v) is 9.40. The summed E-state index contributed by atoms with van der Waals surface area (Å²) < 4.78 is 32.9. The highest BCUT2D eigenvalue weighted by Gasteiger charge is 2.26. The fraction of sp³-hybridized carbons (Fsp3) is 0.400.